The fourth-order valence-electron chi connectivity index (χ4n) is 3.53. The summed E-state index contributed by atoms with van der Waals surface area (Å²) >= 11 is 1.52. The Hall–Kier alpha value is -3.06. The van der Waals surface area contributed by atoms with E-state index in [-0.39, 0.29) is 5.91 Å². The predicted molar refractivity (Wildman–Crippen MR) is 117 cm³/mol. The SMILES string of the molecule is CCn1c(CN(C)C(=O)c2cnc(SC)n2-c2ccccc2)nc2ccccc21. The van der Waals surface area contributed by atoms with Crippen LogP contribution in [-0.2, 0) is 13.1 Å². The first-order chi connectivity index (χ1) is 14.1. The third kappa shape index (κ3) is 3.53. The molecule has 0 aliphatic carbocycles. The molecule has 0 radical (unpaired) electrons. The zero-order valence-electron chi connectivity index (χ0n) is 16.7. The van der Waals surface area contributed by atoms with E-state index in [9.17, 15) is 4.79 Å². The number of rotatable bonds is 6. The minimum Gasteiger partial charge on any atom is -0.333 e. The van der Waals surface area contributed by atoms with E-state index in [0.717, 1.165) is 34.2 Å². The Kier molecular flexibility index (Phi) is 5.40. The Morgan fingerprint density at radius 1 is 1.10 bits per heavy atom. The number of carbonyl (C=O) groups is 1. The van der Waals surface area contributed by atoms with E-state index in [1.54, 1.807) is 11.1 Å². The maximum Gasteiger partial charge on any atom is 0.272 e. The smallest absolute Gasteiger partial charge is 0.272 e. The minimum atomic E-state index is -0.0867. The molecule has 0 aliphatic rings. The van der Waals surface area contributed by atoms with Gasteiger partial charge in [-0.3, -0.25) is 9.36 Å². The van der Waals surface area contributed by atoms with E-state index < -0.39 is 0 Å². The molecule has 0 fully saturated rings. The number of carbonyl (C=O) groups excluding carboxylic acids is 1. The molecule has 0 atom stereocenters. The lowest BCUT2D eigenvalue weighted by atomic mass is 10.3. The van der Waals surface area contributed by atoms with Gasteiger partial charge >= 0.3 is 0 Å². The van der Waals surface area contributed by atoms with Crippen molar-refractivity contribution < 1.29 is 4.79 Å². The molecule has 148 valence electrons. The molecule has 0 spiro atoms. The molecule has 6 nitrogen and oxygen atoms in total. The van der Waals surface area contributed by atoms with Crippen LogP contribution in [0.1, 0.15) is 23.2 Å². The summed E-state index contributed by atoms with van der Waals surface area (Å²) in [6.07, 6.45) is 3.61. The number of hydrogen-bond acceptors (Lipinski definition) is 4. The van der Waals surface area contributed by atoms with Crippen molar-refractivity contribution >= 4 is 28.7 Å². The molecule has 0 saturated heterocycles. The Bertz CT molecular complexity index is 1150. The van der Waals surface area contributed by atoms with Gasteiger partial charge in [0.05, 0.1) is 23.8 Å². The van der Waals surface area contributed by atoms with Gasteiger partial charge in [-0.25, -0.2) is 9.97 Å². The van der Waals surface area contributed by atoms with Crippen LogP contribution in [0.25, 0.3) is 16.7 Å². The maximum atomic E-state index is 13.3. The second-order valence-electron chi connectivity index (χ2n) is 6.72. The number of thioether (sulfide) groups is 1. The highest BCUT2D eigenvalue weighted by Gasteiger charge is 2.22. The quantitative estimate of drug-likeness (QED) is 0.450. The van der Waals surface area contributed by atoms with Crippen molar-refractivity contribution in [3.05, 3.63) is 72.3 Å². The van der Waals surface area contributed by atoms with Crippen LogP contribution in [0.4, 0.5) is 0 Å². The third-order valence-electron chi connectivity index (χ3n) is 4.92. The number of hydrogen-bond donors (Lipinski definition) is 0. The van der Waals surface area contributed by atoms with Gasteiger partial charge in [-0.2, -0.15) is 0 Å². The molecule has 2 aromatic carbocycles. The lowest BCUT2D eigenvalue weighted by Gasteiger charge is -2.19. The molecule has 4 rings (SSSR count). The first-order valence-corrected chi connectivity index (χ1v) is 10.7. The van der Waals surface area contributed by atoms with Crippen molar-refractivity contribution in [3.63, 3.8) is 0 Å². The summed E-state index contributed by atoms with van der Waals surface area (Å²) in [5, 5.41) is 0.786. The van der Waals surface area contributed by atoms with E-state index in [4.69, 9.17) is 4.98 Å². The highest BCUT2D eigenvalue weighted by molar-refractivity contribution is 7.98. The lowest BCUT2D eigenvalue weighted by molar-refractivity contribution is 0.0771. The average molecular weight is 406 g/mol. The highest BCUT2D eigenvalue weighted by atomic mass is 32.2. The second-order valence-corrected chi connectivity index (χ2v) is 7.50. The third-order valence-corrected chi connectivity index (χ3v) is 5.57. The van der Waals surface area contributed by atoms with Gasteiger partial charge in [0.15, 0.2) is 5.16 Å². The van der Waals surface area contributed by atoms with Crippen LogP contribution >= 0.6 is 11.8 Å². The lowest BCUT2D eigenvalue weighted by Crippen LogP contribution is -2.29. The number of aromatic nitrogens is 4. The molecule has 29 heavy (non-hydrogen) atoms. The summed E-state index contributed by atoms with van der Waals surface area (Å²) in [7, 11) is 1.81. The van der Waals surface area contributed by atoms with Crippen molar-refractivity contribution in [3.8, 4) is 5.69 Å². The fourth-order valence-corrected chi connectivity index (χ4v) is 4.08. The van der Waals surface area contributed by atoms with E-state index in [1.807, 2.05) is 66.4 Å². The van der Waals surface area contributed by atoms with Gasteiger partial charge in [0.25, 0.3) is 5.91 Å². The van der Waals surface area contributed by atoms with Gasteiger partial charge < -0.3 is 9.47 Å². The number of fused-ring (bicyclic) bond motifs is 1. The average Bonchev–Trinajstić information content (AvgIpc) is 3.34. The normalized spacial score (nSPS) is 11.1. The van der Waals surface area contributed by atoms with Crippen molar-refractivity contribution in [1.29, 1.82) is 0 Å². The minimum absolute atomic E-state index is 0.0867. The van der Waals surface area contributed by atoms with Crippen LogP contribution in [0.5, 0.6) is 0 Å². The van der Waals surface area contributed by atoms with Crippen molar-refractivity contribution in [2.45, 2.75) is 25.2 Å². The van der Waals surface area contributed by atoms with Gasteiger partial charge in [-0.15, -0.1) is 0 Å². The molecule has 0 saturated carbocycles. The van der Waals surface area contributed by atoms with E-state index in [0.29, 0.717) is 12.2 Å². The van der Waals surface area contributed by atoms with Crippen molar-refractivity contribution in [2.75, 3.05) is 13.3 Å². The molecular formula is C22H23N5OS. The second kappa shape index (κ2) is 8.13. The van der Waals surface area contributed by atoms with E-state index >= 15 is 0 Å². The number of nitrogens with zero attached hydrogens (tertiary/aromatic N) is 5. The summed E-state index contributed by atoms with van der Waals surface area (Å²) in [5.74, 6) is 0.789. The van der Waals surface area contributed by atoms with Crippen LogP contribution in [0.15, 0.2) is 66.0 Å². The van der Waals surface area contributed by atoms with Crippen LogP contribution in [0, 0.1) is 0 Å². The number of imidazole rings is 2. The Labute approximate surface area is 174 Å². The molecule has 2 heterocycles. The van der Waals surface area contributed by atoms with Gasteiger partial charge in [0.2, 0.25) is 0 Å². The van der Waals surface area contributed by atoms with Gasteiger partial charge in [-0.1, -0.05) is 42.1 Å². The molecule has 0 unspecified atom stereocenters. The summed E-state index contributed by atoms with van der Waals surface area (Å²) < 4.78 is 4.06. The molecule has 4 aromatic rings. The molecule has 0 N–H and O–H groups in total. The van der Waals surface area contributed by atoms with E-state index in [1.165, 1.54) is 11.8 Å². The van der Waals surface area contributed by atoms with Crippen molar-refractivity contribution in [1.82, 2.24) is 24.0 Å². The number of benzene rings is 2. The van der Waals surface area contributed by atoms with Gasteiger partial charge in [0, 0.05) is 19.3 Å². The van der Waals surface area contributed by atoms with Crippen molar-refractivity contribution in [2.24, 2.45) is 0 Å². The maximum absolute atomic E-state index is 13.3. The van der Waals surface area contributed by atoms with Crippen LogP contribution < -0.4 is 0 Å². The summed E-state index contributed by atoms with van der Waals surface area (Å²) in [5.41, 5.74) is 3.50. The Morgan fingerprint density at radius 3 is 2.55 bits per heavy atom. The molecule has 7 heteroatoms. The summed E-state index contributed by atoms with van der Waals surface area (Å²) in [6.45, 7) is 3.32. The Balaban J connectivity index is 1.67. The van der Waals surface area contributed by atoms with Gasteiger partial charge in [-0.05, 0) is 37.4 Å². The zero-order valence-corrected chi connectivity index (χ0v) is 17.6. The summed E-state index contributed by atoms with van der Waals surface area (Å²) in [6, 6.07) is 17.9. The number of para-hydroxylation sites is 3. The zero-order chi connectivity index (χ0) is 20.4. The number of amides is 1. The fraction of sp³-hybridized carbons (Fsp3) is 0.227. The van der Waals surface area contributed by atoms with E-state index in [2.05, 4.69) is 22.5 Å². The monoisotopic (exact) mass is 405 g/mol. The predicted octanol–water partition coefficient (Wildman–Crippen LogP) is 4.24. The molecule has 2 aromatic heterocycles. The molecule has 0 bridgehead atoms. The standard InChI is InChI=1S/C22H23N5OS/c1-4-26-18-13-9-8-12-17(18)24-20(26)15-25(2)21(28)19-14-23-22(29-3)27(19)16-10-6-5-7-11-16/h5-14H,4,15H2,1-3H3. The van der Waals surface area contributed by atoms with Crippen LogP contribution in [0.2, 0.25) is 0 Å². The largest absolute Gasteiger partial charge is 0.333 e. The molecule has 0 aliphatic heterocycles. The summed E-state index contributed by atoms with van der Waals surface area (Å²) in [4.78, 5) is 24.2. The first kappa shape index (κ1) is 19.3. The first-order valence-electron chi connectivity index (χ1n) is 9.50. The Morgan fingerprint density at radius 2 is 1.83 bits per heavy atom. The highest BCUT2D eigenvalue weighted by Crippen LogP contribution is 2.23. The molecular weight excluding hydrogens is 382 g/mol. The topological polar surface area (TPSA) is 56.0 Å². The number of aryl methyl sites for hydroxylation is 1. The molecule has 1 amide bonds. The van der Waals surface area contributed by atoms with Crippen LogP contribution in [0.3, 0.4) is 0 Å². The van der Waals surface area contributed by atoms with Gasteiger partial charge in [0.1, 0.15) is 11.5 Å². The van der Waals surface area contributed by atoms with Crippen LogP contribution in [-0.4, -0.2) is 43.2 Å².